The van der Waals surface area contributed by atoms with Gasteiger partial charge in [0.05, 0.1) is 47.3 Å². The van der Waals surface area contributed by atoms with Crippen molar-refractivity contribution >= 4 is 37.7 Å². The normalized spacial score (nSPS) is 20.8. The number of hydrogen-bond acceptors (Lipinski definition) is 7. The number of aliphatic hydroxyl groups excluding tert-OH is 1. The number of rotatable bonds is 3. The van der Waals surface area contributed by atoms with Gasteiger partial charge in [-0.15, -0.1) is 0 Å². The number of furan rings is 1. The molecule has 0 saturated carbocycles. The lowest BCUT2D eigenvalue weighted by Gasteiger charge is -2.18. The SMILES string of the molecule is Cc1cc2oc(=O)c(CC(=O)N[C@H]3CS(=O)(=O)C[C@@H]3O)c(C)c2c2occ(C(C)(C)C)c12. The summed E-state index contributed by atoms with van der Waals surface area (Å²) in [6, 6.07) is 0.912. The molecule has 1 fully saturated rings. The van der Waals surface area contributed by atoms with Crippen molar-refractivity contribution in [3.63, 3.8) is 0 Å². The van der Waals surface area contributed by atoms with Crippen molar-refractivity contribution < 1.29 is 27.2 Å². The van der Waals surface area contributed by atoms with Crippen molar-refractivity contribution in [2.45, 2.75) is 58.6 Å². The second kappa shape index (κ2) is 7.45. The first-order valence-corrected chi connectivity index (χ1v) is 12.3. The van der Waals surface area contributed by atoms with Crippen LogP contribution in [0.25, 0.3) is 21.9 Å². The molecule has 1 saturated heterocycles. The van der Waals surface area contributed by atoms with Gasteiger partial charge in [0.15, 0.2) is 9.84 Å². The maximum atomic E-state index is 12.7. The highest BCUT2D eigenvalue weighted by atomic mass is 32.2. The van der Waals surface area contributed by atoms with Crippen molar-refractivity contribution in [3.05, 3.63) is 45.0 Å². The van der Waals surface area contributed by atoms with Crippen LogP contribution in [0.5, 0.6) is 0 Å². The molecule has 0 radical (unpaired) electrons. The molecule has 1 amide bonds. The van der Waals surface area contributed by atoms with Gasteiger partial charge in [-0.2, -0.15) is 0 Å². The molecular formula is C23H27NO7S. The van der Waals surface area contributed by atoms with Gasteiger partial charge in [-0.05, 0) is 36.5 Å². The van der Waals surface area contributed by atoms with E-state index in [-0.39, 0.29) is 28.9 Å². The number of carbonyl (C=O) groups excluding carboxylic acids is 1. The Hall–Kier alpha value is -2.65. The lowest BCUT2D eigenvalue weighted by atomic mass is 9.85. The largest absolute Gasteiger partial charge is 0.463 e. The quantitative estimate of drug-likeness (QED) is 0.573. The van der Waals surface area contributed by atoms with Gasteiger partial charge in [0, 0.05) is 10.9 Å². The molecule has 0 spiro atoms. The summed E-state index contributed by atoms with van der Waals surface area (Å²) in [6.07, 6.45) is 0.255. The third-order valence-electron chi connectivity index (χ3n) is 6.10. The Morgan fingerprint density at radius 3 is 2.50 bits per heavy atom. The van der Waals surface area contributed by atoms with Gasteiger partial charge < -0.3 is 19.3 Å². The monoisotopic (exact) mass is 461 g/mol. The van der Waals surface area contributed by atoms with Crippen LogP contribution >= 0.6 is 0 Å². The average molecular weight is 462 g/mol. The number of fused-ring (bicyclic) bond motifs is 3. The first-order valence-electron chi connectivity index (χ1n) is 10.4. The van der Waals surface area contributed by atoms with E-state index in [0.29, 0.717) is 22.1 Å². The minimum absolute atomic E-state index is 0.154. The highest BCUT2D eigenvalue weighted by Crippen LogP contribution is 2.38. The molecule has 2 atom stereocenters. The number of amides is 1. The van der Waals surface area contributed by atoms with Crippen LogP contribution in [0.4, 0.5) is 0 Å². The van der Waals surface area contributed by atoms with Crippen LogP contribution in [0.2, 0.25) is 0 Å². The number of hydrogen-bond donors (Lipinski definition) is 2. The number of aryl methyl sites for hydroxylation is 2. The van der Waals surface area contributed by atoms with E-state index in [1.165, 1.54) is 0 Å². The van der Waals surface area contributed by atoms with E-state index >= 15 is 0 Å². The summed E-state index contributed by atoms with van der Waals surface area (Å²) in [4.78, 5) is 25.3. The summed E-state index contributed by atoms with van der Waals surface area (Å²) >= 11 is 0. The maximum Gasteiger partial charge on any atom is 0.340 e. The van der Waals surface area contributed by atoms with Crippen molar-refractivity contribution in [2.75, 3.05) is 11.5 Å². The molecule has 172 valence electrons. The first-order chi connectivity index (χ1) is 14.8. The standard InChI is InChI=1S/C23H27NO7S/c1-11-6-17-20(21-19(11)14(8-30-21)23(3,4)5)12(2)13(22(27)31-17)7-18(26)24-15-9-32(28,29)10-16(15)25/h6,8,15-16,25H,7,9-10H2,1-5H3,(H,24,26)/t15-,16-/m0/s1. The number of carbonyl (C=O) groups is 1. The molecule has 4 rings (SSSR count). The van der Waals surface area contributed by atoms with Gasteiger partial charge in [-0.25, -0.2) is 13.2 Å². The van der Waals surface area contributed by atoms with Gasteiger partial charge in [0.25, 0.3) is 0 Å². The summed E-state index contributed by atoms with van der Waals surface area (Å²) in [7, 11) is -3.40. The molecule has 32 heavy (non-hydrogen) atoms. The second-order valence-corrected chi connectivity index (χ2v) is 11.8. The van der Waals surface area contributed by atoms with Gasteiger partial charge in [-0.3, -0.25) is 4.79 Å². The Balaban J connectivity index is 1.77. The Labute approximate surface area is 185 Å². The summed E-state index contributed by atoms with van der Waals surface area (Å²) in [6.45, 7) is 9.94. The second-order valence-electron chi connectivity index (χ2n) is 9.66. The van der Waals surface area contributed by atoms with Gasteiger partial charge >= 0.3 is 5.63 Å². The molecule has 8 nitrogen and oxygen atoms in total. The number of nitrogens with one attached hydrogen (secondary N) is 1. The van der Waals surface area contributed by atoms with Crippen molar-refractivity contribution in [2.24, 2.45) is 0 Å². The zero-order chi connectivity index (χ0) is 23.6. The third kappa shape index (κ3) is 3.84. The van der Waals surface area contributed by atoms with Crippen molar-refractivity contribution in [3.8, 4) is 0 Å². The summed E-state index contributed by atoms with van der Waals surface area (Å²) < 4.78 is 34.8. The first kappa shape index (κ1) is 22.5. The summed E-state index contributed by atoms with van der Waals surface area (Å²) in [5.74, 6) is -1.27. The van der Waals surface area contributed by atoms with E-state index < -0.39 is 33.5 Å². The molecule has 2 aromatic heterocycles. The summed E-state index contributed by atoms with van der Waals surface area (Å²) in [5, 5.41) is 14.0. The van der Waals surface area contributed by atoms with Crippen molar-refractivity contribution in [1.82, 2.24) is 5.32 Å². The van der Waals surface area contributed by atoms with Crippen LogP contribution in [-0.2, 0) is 26.5 Å². The molecule has 1 aliphatic rings. The molecule has 0 aliphatic carbocycles. The van der Waals surface area contributed by atoms with E-state index in [1.807, 2.05) is 6.92 Å². The fourth-order valence-electron chi connectivity index (χ4n) is 4.43. The fourth-order valence-corrected chi connectivity index (χ4v) is 6.17. The maximum absolute atomic E-state index is 12.7. The Morgan fingerprint density at radius 1 is 1.22 bits per heavy atom. The molecule has 3 heterocycles. The molecule has 0 bridgehead atoms. The van der Waals surface area contributed by atoms with Crippen molar-refractivity contribution in [1.29, 1.82) is 0 Å². The lowest BCUT2D eigenvalue weighted by Crippen LogP contribution is -2.43. The molecule has 1 aromatic carbocycles. The van der Waals surface area contributed by atoms with E-state index in [0.717, 1.165) is 16.5 Å². The van der Waals surface area contributed by atoms with Crippen LogP contribution in [0.3, 0.4) is 0 Å². The summed E-state index contributed by atoms with van der Waals surface area (Å²) in [5.41, 5.74) is 2.90. The highest BCUT2D eigenvalue weighted by Gasteiger charge is 2.37. The third-order valence-corrected chi connectivity index (χ3v) is 7.81. The Kier molecular flexibility index (Phi) is 5.25. The Bertz CT molecular complexity index is 1410. The fraction of sp³-hybridized carbons (Fsp3) is 0.478. The smallest absolute Gasteiger partial charge is 0.340 e. The minimum Gasteiger partial charge on any atom is -0.463 e. The predicted octanol–water partition coefficient (Wildman–Crippen LogP) is 2.27. The van der Waals surface area contributed by atoms with Crippen LogP contribution in [0.1, 0.15) is 43.0 Å². The predicted molar refractivity (Wildman–Crippen MR) is 121 cm³/mol. The zero-order valence-electron chi connectivity index (χ0n) is 18.7. The minimum atomic E-state index is -3.40. The van der Waals surface area contributed by atoms with E-state index in [9.17, 15) is 23.1 Å². The average Bonchev–Trinajstić information content (AvgIpc) is 3.19. The zero-order valence-corrected chi connectivity index (χ0v) is 19.6. The highest BCUT2D eigenvalue weighted by molar-refractivity contribution is 7.91. The van der Waals surface area contributed by atoms with E-state index in [1.54, 1.807) is 19.3 Å². The van der Waals surface area contributed by atoms with Gasteiger partial charge in [0.2, 0.25) is 5.91 Å². The van der Waals surface area contributed by atoms with E-state index in [4.69, 9.17) is 8.83 Å². The van der Waals surface area contributed by atoms with Crippen LogP contribution in [0.15, 0.2) is 26.0 Å². The number of aliphatic hydroxyl groups is 1. The van der Waals surface area contributed by atoms with Crippen LogP contribution in [0, 0.1) is 13.8 Å². The number of sulfone groups is 1. The van der Waals surface area contributed by atoms with Crippen LogP contribution < -0.4 is 10.9 Å². The molecule has 0 unspecified atom stereocenters. The van der Waals surface area contributed by atoms with E-state index in [2.05, 4.69) is 26.1 Å². The molecular weight excluding hydrogens is 434 g/mol. The van der Waals surface area contributed by atoms with Gasteiger partial charge in [-0.1, -0.05) is 20.8 Å². The molecule has 3 aromatic rings. The Morgan fingerprint density at radius 2 is 1.91 bits per heavy atom. The number of benzene rings is 1. The molecule has 2 N–H and O–H groups in total. The molecule has 9 heteroatoms. The van der Waals surface area contributed by atoms with Crippen LogP contribution in [-0.4, -0.2) is 43.1 Å². The molecule has 1 aliphatic heterocycles. The topological polar surface area (TPSA) is 127 Å². The van der Waals surface area contributed by atoms with Gasteiger partial charge in [0.1, 0.15) is 11.2 Å². The lowest BCUT2D eigenvalue weighted by molar-refractivity contribution is -0.121.